The number of nitrogens with zero attached hydrogens (tertiary/aromatic N) is 1. The Hall–Kier alpha value is -2.45. The molecule has 8 heteroatoms. The molecule has 0 spiro atoms. The Morgan fingerprint density at radius 1 is 1.17 bits per heavy atom. The van der Waals surface area contributed by atoms with E-state index in [-0.39, 0.29) is 16.4 Å². The molecule has 2 rings (SSSR count). The molecule has 1 amide bonds. The summed E-state index contributed by atoms with van der Waals surface area (Å²) in [6.45, 7) is 2.76. The second-order valence-corrected chi connectivity index (χ2v) is 6.90. The molecule has 0 radical (unpaired) electrons. The predicted octanol–water partition coefficient (Wildman–Crippen LogP) is 0.624. The molecule has 7 nitrogen and oxygen atoms in total. The zero-order valence-corrected chi connectivity index (χ0v) is 14.0. The predicted molar refractivity (Wildman–Crippen MR) is 90.2 cm³/mol. The first-order valence-electron chi connectivity index (χ1n) is 7.36. The molecule has 0 bridgehead atoms. The number of primary sulfonamides is 1. The minimum atomic E-state index is -3.77. The smallest absolute Gasteiger partial charge is 0.251 e. The average Bonchev–Trinajstić information content (AvgIpc) is 2.53. The van der Waals surface area contributed by atoms with Gasteiger partial charge in [-0.1, -0.05) is 6.07 Å². The molecule has 24 heavy (non-hydrogen) atoms. The monoisotopic (exact) mass is 349 g/mol. The van der Waals surface area contributed by atoms with E-state index in [4.69, 9.17) is 5.14 Å². The quantitative estimate of drug-likeness (QED) is 0.745. The number of benzene rings is 1. The Labute approximate surface area is 140 Å². The molecule has 0 aliphatic rings. The van der Waals surface area contributed by atoms with Crippen molar-refractivity contribution in [2.75, 3.05) is 6.54 Å². The number of pyridine rings is 1. The Bertz CT molecular complexity index is 886. The highest BCUT2D eigenvalue weighted by molar-refractivity contribution is 7.89. The first-order valence-corrected chi connectivity index (χ1v) is 8.91. The van der Waals surface area contributed by atoms with E-state index >= 15 is 0 Å². The van der Waals surface area contributed by atoms with Crippen LogP contribution in [0.5, 0.6) is 0 Å². The topological polar surface area (TPSA) is 111 Å². The zero-order chi connectivity index (χ0) is 17.7. The van der Waals surface area contributed by atoms with Gasteiger partial charge in [0.15, 0.2) is 0 Å². The summed E-state index contributed by atoms with van der Waals surface area (Å²) >= 11 is 0. The number of hydrogen-bond acceptors (Lipinski definition) is 4. The van der Waals surface area contributed by atoms with Crippen LogP contribution in [-0.2, 0) is 16.6 Å². The van der Waals surface area contributed by atoms with Crippen LogP contribution in [0.3, 0.4) is 0 Å². The van der Waals surface area contributed by atoms with Gasteiger partial charge in [0.1, 0.15) is 0 Å². The standard InChI is InChI=1S/C16H19N3O4S/c1-12-4-2-5-15(20)19(12)11-3-10-18-16(21)13-6-8-14(9-7-13)24(17,22)23/h2,4-9H,3,10-11H2,1H3,(H,18,21)(H2,17,22,23). The van der Waals surface area contributed by atoms with E-state index in [1.165, 1.54) is 30.3 Å². The molecule has 2 aromatic rings. The maximum Gasteiger partial charge on any atom is 0.251 e. The lowest BCUT2D eigenvalue weighted by molar-refractivity contribution is 0.0952. The van der Waals surface area contributed by atoms with Gasteiger partial charge in [-0.05, 0) is 43.7 Å². The van der Waals surface area contributed by atoms with Gasteiger partial charge >= 0.3 is 0 Å². The fourth-order valence-corrected chi connectivity index (χ4v) is 2.76. The number of carbonyl (C=O) groups excluding carboxylic acids is 1. The summed E-state index contributed by atoms with van der Waals surface area (Å²) in [6.07, 6.45) is 0.603. The minimum Gasteiger partial charge on any atom is -0.352 e. The molecule has 1 aromatic carbocycles. The van der Waals surface area contributed by atoms with Crippen molar-refractivity contribution in [2.24, 2.45) is 5.14 Å². The largest absolute Gasteiger partial charge is 0.352 e. The molecular weight excluding hydrogens is 330 g/mol. The van der Waals surface area contributed by atoms with E-state index in [1.54, 1.807) is 10.6 Å². The van der Waals surface area contributed by atoms with E-state index in [9.17, 15) is 18.0 Å². The summed E-state index contributed by atoms with van der Waals surface area (Å²) in [5.74, 6) is -0.312. The van der Waals surface area contributed by atoms with Crippen molar-refractivity contribution in [1.82, 2.24) is 9.88 Å². The van der Waals surface area contributed by atoms with E-state index < -0.39 is 10.0 Å². The molecular formula is C16H19N3O4S. The number of aromatic nitrogens is 1. The van der Waals surface area contributed by atoms with Crippen LogP contribution in [0.25, 0.3) is 0 Å². The van der Waals surface area contributed by atoms with E-state index in [2.05, 4.69) is 5.32 Å². The number of nitrogens with one attached hydrogen (secondary N) is 1. The minimum absolute atomic E-state index is 0.0435. The van der Waals surface area contributed by atoms with Gasteiger partial charge in [0.05, 0.1) is 4.90 Å². The maximum absolute atomic E-state index is 12.0. The Kier molecular flexibility index (Phi) is 5.53. The molecule has 0 saturated heterocycles. The molecule has 0 fully saturated rings. The van der Waals surface area contributed by atoms with Gasteiger partial charge in [0.25, 0.3) is 11.5 Å². The van der Waals surface area contributed by atoms with Crippen LogP contribution in [0.1, 0.15) is 22.5 Å². The molecule has 0 aliphatic carbocycles. The lowest BCUT2D eigenvalue weighted by Gasteiger charge is -2.10. The fraction of sp³-hybridized carbons (Fsp3) is 0.250. The van der Waals surface area contributed by atoms with Gasteiger partial charge in [0.2, 0.25) is 10.0 Å². The third-order valence-electron chi connectivity index (χ3n) is 3.56. The van der Waals surface area contributed by atoms with Crippen molar-refractivity contribution in [2.45, 2.75) is 24.8 Å². The van der Waals surface area contributed by atoms with Crippen LogP contribution in [0.15, 0.2) is 52.2 Å². The van der Waals surface area contributed by atoms with Gasteiger partial charge in [-0.25, -0.2) is 13.6 Å². The summed E-state index contributed by atoms with van der Waals surface area (Å²) in [5, 5.41) is 7.74. The summed E-state index contributed by atoms with van der Waals surface area (Å²) in [5.41, 5.74) is 1.14. The van der Waals surface area contributed by atoms with E-state index in [1.807, 2.05) is 13.0 Å². The molecule has 0 saturated carbocycles. The SMILES string of the molecule is Cc1cccc(=O)n1CCCNC(=O)c1ccc(S(N)(=O)=O)cc1. The van der Waals surface area contributed by atoms with Crippen molar-refractivity contribution in [3.63, 3.8) is 0 Å². The Balaban J connectivity index is 1.89. The summed E-state index contributed by atoms with van der Waals surface area (Å²) < 4.78 is 24.0. The highest BCUT2D eigenvalue weighted by atomic mass is 32.2. The fourth-order valence-electron chi connectivity index (χ4n) is 2.25. The van der Waals surface area contributed by atoms with Gasteiger partial charge in [-0.2, -0.15) is 0 Å². The van der Waals surface area contributed by atoms with Gasteiger partial charge in [0, 0.05) is 30.4 Å². The molecule has 1 aromatic heterocycles. The van der Waals surface area contributed by atoms with E-state index in [0.29, 0.717) is 25.1 Å². The number of nitrogens with two attached hydrogens (primary N) is 1. The van der Waals surface area contributed by atoms with Gasteiger partial charge in [-0.3, -0.25) is 9.59 Å². The van der Waals surface area contributed by atoms with Gasteiger partial charge < -0.3 is 9.88 Å². The van der Waals surface area contributed by atoms with Crippen LogP contribution in [-0.4, -0.2) is 25.4 Å². The normalized spacial score (nSPS) is 11.2. The van der Waals surface area contributed by atoms with Crippen LogP contribution < -0.4 is 16.0 Å². The highest BCUT2D eigenvalue weighted by Crippen LogP contribution is 2.08. The summed E-state index contributed by atoms with van der Waals surface area (Å²) in [6, 6.07) is 10.4. The number of hydrogen-bond donors (Lipinski definition) is 2. The molecule has 128 valence electrons. The molecule has 1 heterocycles. The molecule has 0 atom stereocenters. The average molecular weight is 349 g/mol. The van der Waals surface area contributed by atoms with Crippen molar-refractivity contribution < 1.29 is 13.2 Å². The van der Waals surface area contributed by atoms with Crippen LogP contribution in [0, 0.1) is 6.92 Å². The number of aryl methyl sites for hydroxylation is 1. The number of sulfonamides is 1. The van der Waals surface area contributed by atoms with Crippen molar-refractivity contribution in [1.29, 1.82) is 0 Å². The highest BCUT2D eigenvalue weighted by Gasteiger charge is 2.10. The molecule has 0 unspecified atom stereocenters. The van der Waals surface area contributed by atoms with Gasteiger partial charge in [-0.15, -0.1) is 0 Å². The number of carbonyl (C=O) groups is 1. The van der Waals surface area contributed by atoms with Crippen molar-refractivity contribution in [3.05, 3.63) is 64.1 Å². The summed E-state index contributed by atoms with van der Waals surface area (Å²) in [4.78, 5) is 23.7. The van der Waals surface area contributed by atoms with Crippen LogP contribution in [0.2, 0.25) is 0 Å². The Morgan fingerprint density at radius 2 is 1.83 bits per heavy atom. The second kappa shape index (κ2) is 7.41. The lowest BCUT2D eigenvalue weighted by atomic mass is 10.2. The number of rotatable bonds is 6. The van der Waals surface area contributed by atoms with Crippen LogP contribution in [0.4, 0.5) is 0 Å². The molecule has 3 N–H and O–H groups in total. The first-order chi connectivity index (χ1) is 11.3. The van der Waals surface area contributed by atoms with E-state index in [0.717, 1.165) is 5.69 Å². The van der Waals surface area contributed by atoms with Crippen molar-refractivity contribution in [3.8, 4) is 0 Å². The number of amides is 1. The lowest BCUT2D eigenvalue weighted by Crippen LogP contribution is -2.27. The van der Waals surface area contributed by atoms with Crippen molar-refractivity contribution >= 4 is 15.9 Å². The third-order valence-corrected chi connectivity index (χ3v) is 4.49. The second-order valence-electron chi connectivity index (χ2n) is 5.34. The molecule has 0 aliphatic heterocycles. The Morgan fingerprint density at radius 3 is 2.42 bits per heavy atom. The zero-order valence-electron chi connectivity index (χ0n) is 13.2. The summed E-state index contributed by atoms with van der Waals surface area (Å²) in [7, 11) is -3.77. The maximum atomic E-state index is 12.0. The third kappa shape index (κ3) is 4.53. The first kappa shape index (κ1) is 17.9. The van der Waals surface area contributed by atoms with Crippen LogP contribution >= 0.6 is 0 Å².